The number of rotatable bonds is 8. The van der Waals surface area contributed by atoms with E-state index in [0.29, 0.717) is 18.7 Å². The second-order valence-corrected chi connectivity index (χ2v) is 8.11. The zero-order valence-corrected chi connectivity index (χ0v) is 21.0. The van der Waals surface area contributed by atoms with Crippen LogP contribution < -0.4 is 10.1 Å². The Morgan fingerprint density at radius 3 is 2.39 bits per heavy atom. The molecule has 1 fully saturated rings. The molecular weight excluding hydrogens is 414 g/mol. The molecule has 0 saturated carbocycles. The standard InChI is InChI=1S/C25H35N3O3.C2H6/c1-5-27(6-2)25(30)20-12-10-19(11-13-20)24(21-8-7-9-23(14-21)31-4)28-16-22(17-29)26-15-18(28)3;1-2/h7-14,18,22,24,26,29H,5-6,15-17H2,1-4H3;1-2H3. The van der Waals surface area contributed by atoms with Crippen LogP contribution in [0.5, 0.6) is 5.75 Å². The van der Waals surface area contributed by atoms with Crippen molar-refractivity contribution in [1.29, 1.82) is 0 Å². The summed E-state index contributed by atoms with van der Waals surface area (Å²) in [7, 11) is 1.68. The predicted molar refractivity (Wildman–Crippen MR) is 135 cm³/mol. The van der Waals surface area contributed by atoms with Gasteiger partial charge in [0.1, 0.15) is 5.75 Å². The van der Waals surface area contributed by atoms with Crippen molar-refractivity contribution in [3.05, 3.63) is 65.2 Å². The Bertz CT molecular complexity index is 852. The second-order valence-electron chi connectivity index (χ2n) is 8.11. The molecule has 1 amide bonds. The summed E-state index contributed by atoms with van der Waals surface area (Å²) in [4.78, 5) is 17.0. The molecule has 0 aromatic heterocycles. The summed E-state index contributed by atoms with van der Waals surface area (Å²) in [6, 6.07) is 16.4. The maximum Gasteiger partial charge on any atom is 0.253 e. The molecule has 6 heteroatoms. The van der Waals surface area contributed by atoms with Gasteiger partial charge in [0.05, 0.1) is 19.8 Å². The SMILES string of the molecule is CC.CCN(CC)C(=O)c1ccc(C(c2cccc(OC)c2)N2CC(CO)NCC2C)cc1. The molecule has 2 aromatic carbocycles. The van der Waals surface area contributed by atoms with Gasteiger partial charge in [0.2, 0.25) is 0 Å². The van der Waals surface area contributed by atoms with Crippen LogP contribution in [0.15, 0.2) is 48.5 Å². The number of amides is 1. The second kappa shape index (κ2) is 13.3. The van der Waals surface area contributed by atoms with Crippen molar-refractivity contribution in [1.82, 2.24) is 15.1 Å². The Morgan fingerprint density at radius 2 is 1.82 bits per heavy atom. The Hall–Kier alpha value is -2.41. The van der Waals surface area contributed by atoms with Crippen molar-refractivity contribution in [2.45, 2.75) is 52.7 Å². The van der Waals surface area contributed by atoms with Gasteiger partial charge >= 0.3 is 0 Å². The number of aliphatic hydroxyl groups is 1. The lowest BCUT2D eigenvalue weighted by molar-refractivity contribution is 0.0772. The molecule has 182 valence electrons. The molecule has 2 N–H and O–H groups in total. The molecule has 3 rings (SSSR count). The normalized spacial score (nSPS) is 19.2. The number of carbonyl (C=O) groups is 1. The average molecular weight is 456 g/mol. The molecule has 0 spiro atoms. The van der Waals surface area contributed by atoms with E-state index in [2.05, 4.69) is 41.4 Å². The average Bonchev–Trinajstić information content (AvgIpc) is 2.87. The lowest BCUT2D eigenvalue weighted by Gasteiger charge is -2.43. The Balaban J connectivity index is 0.00000187. The van der Waals surface area contributed by atoms with Gasteiger partial charge in [-0.1, -0.05) is 38.1 Å². The Labute approximate surface area is 199 Å². The maximum absolute atomic E-state index is 12.7. The van der Waals surface area contributed by atoms with Crippen LogP contribution in [0.4, 0.5) is 0 Å². The van der Waals surface area contributed by atoms with Gasteiger partial charge in [-0.2, -0.15) is 0 Å². The minimum Gasteiger partial charge on any atom is -0.497 e. The first-order valence-corrected chi connectivity index (χ1v) is 12.2. The van der Waals surface area contributed by atoms with E-state index in [1.165, 1.54) is 0 Å². The van der Waals surface area contributed by atoms with Gasteiger partial charge in [-0.15, -0.1) is 0 Å². The van der Waals surface area contributed by atoms with E-state index >= 15 is 0 Å². The fraction of sp³-hybridized carbons (Fsp3) is 0.519. The monoisotopic (exact) mass is 455 g/mol. The lowest BCUT2D eigenvalue weighted by Crippen LogP contribution is -2.57. The maximum atomic E-state index is 12.7. The first-order valence-electron chi connectivity index (χ1n) is 12.2. The number of piperazine rings is 1. The third kappa shape index (κ3) is 6.56. The summed E-state index contributed by atoms with van der Waals surface area (Å²) in [5, 5.41) is 13.2. The number of hydrogen-bond donors (Lipinski definition) is 2. The van der Waals surface area contributed by atoms with Crippen molar-refractivity contribution in [2.75, 3.05) is 39.9 Å². The zero-order chi connectivity index (χ0) is 24.4. The van der Waals surface area contributed by atoms with Crippen LogP contribution in [-0.4, -0.2) is 72.8 Å². The molecule has 1 heterocycles. The minimum absolute atomic E-state index is 0.00106. The topological polar surface area (TPSA) is 65.0 Å². The summed E-state index contributed by atoms with van der Waals surface area (Å²) in [5.74, 6) is 0.877. The number of aliphatic hydroxyl groups excluding tert-OH is 1. The molecule has 0 aliphatic carbocycles. The molecule has 3 unspecified atom stereocenters. The predicted octanol–water partition coefficient (Wildman–Crippen LogP) is 3.95. The molecule has 1 aliphatic rings. The molecule has 1 aliphatic heterocycles. The van der Waals surface area contributed by atoms with E-state index in [1.807, 2.05) is 56.9 Å². The lowest BCUT2D eigenvalue weighted by atomic mass is 9.93. The van der Waals surface area contributed by atoms with E-state index in [0.717, 1.165) is 30.0 Å². The van der Waals surface area contributed by atoms with Gasteiger partial charge < -0.3 is 20.1 Å². The number of carbonyl (C=O) groups excluding carboxylic acids is 1. The highest BCUT2D eigenvalue weighted by Gasteiger charge is 2.32. The van der Waals surface area contributed by atoms with Crippen LogP contribution in [0.25, 0.3) is 0 Å². The Kier molecular flexibility index (Phi) is 10.8. The number of nitrogens with one attached hydrogen (secondary N) is 1. The largest absolute Gasteiger partial charge is 0.497 e. The third-order valence-corrected chi connectivity index (χ3v) is 6.18. The van der Waals surface area contributed by atoms with Crippen LogP contribution in [0.2, 0.25) is 0 Å². The van der Waals surface area contributed by atoms with E-state index in [9.17, 15) is 9.90 Å². The Morgan fingerprint density at radius 1 is 1.15 bits per heavy atom. The summed E-state index contributed by atoms with van der Waals surface area (Å²) >= 11 is 0. The number of methoxy groups -OCH3 is 1. The van der Waals surface area contributed by atoms with E-state index in [-0.39, 0.29) is 30.6 Å². The quantitative estimate of drug-likeness (QED) is 0.631. The highest BCUT2D eigenvalue weighted by Crippen LogP contribution is 2.33. The van der Waals surface area contributed by atoms with Crippen molar-refractivity contribution < 1.29 is 14.6 Å². The van der Waals surface area contributed by atoms with Crippen LogP contribution >= 0.6 is 0 Å². The van der Waals surface area contributed by atoms with Crippen molar-refractivity contribution in [2.24, 2.45) is 0 Å². The molecule has 33 heavy (non-hydrogen) atoms. The van der Waals surface area contributed by atoms with Gasteiger partial charge in [-0.25, -0.2) is 0 Å². The van der Waals surface area contributed by atoms with Crippen LogP contribution in [0.1, 0.15) is 62.1 Å². The van der Waals surface area contributed by atoms with Crippen molar-refractivity contribution >= 4 is 5.91 Å². The van der Waals surface area contributed by atoms with E-state index in [1.54, 1.807) is 7.11 Å². The summed E-state index contributed by atoms with van der Waals surface area (Å²) in [6.07, 6.45) is 0. The molecule has 0 bridgehead atoms. The van der Waals surface area contributed by atoms with Gasteiger partial charge in [0, 0.05) is 43.8 Å². The van der Waals surface area contributed by atoms with Gasteiger partial charge in [0.25, 0.3) is 5.91 Å². The number of hydrogen-bond acceptors (Lipinski definition) is 5. The molecule has 3 atom stereocenters. The van der Waals surface area contributed by atoms with Crippen LogP contribution in [-0.2, 0) is 0 Å². The first kappa shape index (κ1) is 26.8. The van der Waals surface area contributed by atoms with Gasteiger partial charge in [-0.05, 0) is 56.2 Å². The van der Waals surface area contributed by atoms with E-state index < -0.39 is 0 Å². The van der Waals surface area contributed by atoms with Crippen molar-refractivity contribution in [3.8, 4) is 5.75 Å². The van der Waals surface area contributed by atoms with Crippen LogP contribution in [0.3, 0.4) is 0 Å². The fourth-order valence-electron chi connectivity index (χ4n) is 4.32. The molecule has 6 nitrogen and oxygen atoms in total. The summed E-state index contributed by atoms with van der Waals surface area (Å²) in [5.41, 5.74) is 2.96. The molecule has 1 saturated heterocycles. The molecule has 0 radical (unpaired) electrons. The van der Waals surface area contributed by atoms with Crippen molar-refractivity contribution in [3.63, 3.8) is 0 Å². The third-order valence-electron chi connectivity index (χ3n) is 6.18. The zero-order valence-electron chi connectivity index (χ0n) is 21.0. The summed E-state index contributed by atoms with van der Waals surface area (Å²) < 4.78 is 5.48. The number of benzene rings is 2. The highest BCUT2D eigenvalue weighted by atomic mass is 16.5. The fourth-order valence-corrected chi connectivity index (χ4v) is 4.32. The van der Waals surface area contributed by atoms with Gasteiger partial charge in [0.15, 0.2) is 0 Å². The first-order chi connectivity index (χ1) is 16.0. The molecule has 2 aromatic rings. The van der Waals surface area contributed by atoms with Crippen LogP contribution in [0, 0.1) is 0 Å². The number of ether oxygens (including phenoxy) is 1. The van der Waals surface area contributed by atoms with E-state index in [4.69, 9.17) is 4.74 Å². The number of nitrogens with zero attached hydrogens (tertiary/aromatic N) is 2. The molecular formula is C27H41N3O3. The minimum atomic E-state index is -0.00106. The summed E-state index contributed by atoms with van der Waals surface area (Å²) in [6.45, 7) is 13.2. The van der Waals surface area contributed by atoms with Gasteiger partial charge in [-0.3, -0.25) is 9.69 Å². The smallest absolute Gasteiger partial charge is 0.253 e. The highest BCUT2D eigenvalue weighted by molar-refractivity contribution is 5.94.